The minimum atomic E-state index is -0.578. The zero-order valence-corrected chi connectivity index (χ0v) is 16.3. The summed E-state index contributed by atoms with van der Waals surface area (Å²) in [4.78, 5) is 32.6. The summed E-state index contributed by atoms with van der Waals surface area (Å²) in [7, 11) is 0. The van der Waals surface area contributed by atoms with Crippen molar-refractivity contribution in [2.75, 3.05) is 18.0 Å². The predicted molar refractivity (Wildman–Crippen MR) is 102 cm³/mol. The van der Waals surface area contributed by atoms with Crippen LogP contribution in [0, 0.1) is 0 Å². The van der Waals surface area contributed by atoms with E-state index < -0.39 is 11.6 Å². The highest BCUT2D eigenvalue weighted by atomic mass is 79.9. The van der Waals surface area contributed by atoms with Gasteiger partial charge in [0.1, 0.15) is 23.6 Å². The Morgan fingerprint density at radius 2 is 1.92 bits per heavy atom. The van der Waals surface area contributed by atoms with E-state index in [1.807, 2.05) is 50.2 Å². The molecule has 7 heteroatoms. The second kappa shape index (κ2) is 7.45. The highest BCUT2D eigenvalue weighted by molar-refractivity contribution is 9.10. The third-order valence-electron chi connectivity index (χ3n) is 4.27. The van der Waals surface area contributed by atoms with E-state index in [4.69, 9.17) is 4.74 Å². The number of nitrogens with zero attached hydrogens (tertiary/aromatic N) is 3. The molecule has 0 atom stereocenters. The first-order chi connectivity index (χ1) is 12.4. The molecular formula is C19H20BrN3O3. The molecule has 2 heterocycles. The maximum atomic E-state index is 12.6. The van der Waals surface area contributed by atoms with Crippen LogP contribution < -0.4 is 4.90 Å². The molecule has 0 N–H and O–H groups in total. The van der Waals surface area contributed by atoms with Gasteiger partial charge in [-0.25, -0.2) is 9.78 Å². The number of halogens is 1. The third kappa shape index (κ3) is 4.04. The topological polar surface area (TPSA) is 62.7 Å². The number of rotatable bonds is 3. The maximum Gasteiger partial charge on any atom is 0.411 e. The normalized spacial score (nSPS) is 16.5. The third-order valence-corrected chi connectivity index (χ3v) is 4.71. The number of benzene rings is 1. The van der Waals surface area contributed by atoms with E-state index in [2.05, 4.69) is 20.9 Å². The average molecular weight is 418 g/mol. The van der Waals surface area contributed by atoms with Crippen LogP contribution in [-0.4, -0.2) is 40.5 Å². The van der Waals surface area contributed by atoms with Gasteiger partial charge in [-0.2, -0.15) is 0 Å². The number of carbonyl (C=O) groups is 2. The first-order valence-electron chi connectivity index (χ1n) is 8.28. The Bertz CT molecular complexity index is 811. The van der Waals surface area contributed by atoms with Crippen LogP contribution in [0.15, 0.2) is 53.1 Å². The minimum absolute atomic E-state index is 0.0468. The van der Waals surface area contributed by atoms with Crippen molar-refractivity contribution in [2.45, 2.75) is 26.0 Å². The summed E-state index contributed by atoms with van der Waals surface area (Å²) in [6.07, 6.45) is -0.492. The number of pyridine rings is 1. The Hall–Kier alpha value is -2.41. The number of hydrogen-bond donors (Lipinski definition) is 0. The second-order valence-corrected chi connectivity index (χ2v) is 7.55. The predicted octanol–water partition coefficient (Wildman–Crippen LogP) is 3.61. The minimum Gasteiger partial charge on any atom is -0.445 e. The van der Waals surface area contributed by atoms with Crippen molar-refractivity contribution in [2.24, 2.45) is 0 Å². The Morgan fingerprint density at radius 1 is 1.19 bits per heavy atom. The van der Waals surface area contributed by atoms with Crippen LogP contribution in [-0.2, 0) is 16.1 Å². The molecule has 26 heavy (non-hydrogen) atoms. The molecule has 1 aliphatic rings. The number of piperazine rings is 1. The number of anilines is 1. The fourth-order valence-electron chi connectivity index (χ4n) is 2.86. The van der Waals surface area contributed by atoms with Crippen molar-refractivity contribution in [3.8, 4) is 0 Å². The van der Waals surface area contributed by atoms with Crippen LogP contribution in [0.25, 0.3) is 0 Å². The van der Waals surface area contributed by atoms with Gasteiger partial charge in [0.05, 0.1) is 12.1 Å². The van der Waals surface area contributed by atoms with Crippen LogP contribution >= 0.6 is 15.9 Å². The van der Waals surface area contributed by atoms with Crippen molar-refractivity contribution in [3.63, 3.8) is 0 Å². The lowest BCUT2D eigenvalue weighted by Gasteiger charge is -2.45. The van der Waals surface area contributed by atoms with Crippen LogP contribution in [0.5, 0.6) is 0 Å². The molecule has 0 bridgehead atoms. The quantitative estimate of drug-likeness (QED) is 0.715. The molecule has 0 spiro atoms. The van der Waals surface area contributed by atoms with E-state index in [1.165, 1.54) is 4.90 Å². The number of carbonyl (C=O) groups excluding carboxylic acids is 2. The van der Waals surface area contributed by atoms with Gasteiger partial charge in [-0.05, 0) is 47.5 Å². The Kier molecular flexibility index (Phi) is 5.27. The van der Waals surface area contributed by atoms with E-state index >= 15 is 0 Å². The van der Waals surface area contributed by atoms with Gasteiger partial charge < -0.3 is 4.74 Å². The van der Waals surface area contributed by atoms with Gasteiger partial charge in [-0.15, -0.1) is 0 Å². The van der Waals surface area contributed by atoms with E-state index in [0.29, 0.717) is 17.0 Å². The summed E-state index contributed by atoms with van der Waals surface area (Å²) in [5, 5.41) is 0. The molecule has 1 aromatic carbocycles. The van der Waals surface area contributed by atoms with E-state index in [1.54, 1.807) is 17.0 Å². The molecule has 1 fully saturated rings. The number of ether oxygens (including phenoxy) is 1. The largest absolute Gasteiger partial charge is 0.445 e. The SMILES string of the molecule is CC1(C)CN(c2cccc(Br)n2)C(=O)CN1C(=O)OCc1ccccc1. The molecule has 0 saturated carbocycles. The lowest BCUT2D eigenvalue weighted by Crippen LogP contribution is -2.63. The number of aromatic nitrogens is 1. The van der Waals surface area contributed by atoms with Gasteiger partial charge in [0.15, 0.2) is 0 Å². The molecule has 0 radical (unpaired) electrons. The van der Waals surface area contributed by atoms with Gasteiger partial charge in [-0.3, -0.25) is 14.6 Å². The molecule has 2 amide bonds. The van der Waals surface area contributed by atoms with E-state index in [9.17, 15) is 9.59 Å². The summed E-state index contributed by atoms with van der Waals surface area (Å²) in [5.41, 5.74) is 0.327. The number of hydrogen-bond acceptors (Lipinski definition) is 4. The molecule has 1 saturated heterocycles. The maximum absolute atomic E-state index is 12.6. The van der Waals surface area contributed by atoms with Crippen LogP contribution in [0.1, 0.15) is 19.4 Å². The zero-order valence-electron chi connectivity index (χ0n) is 14.7. The van der Waals surface area contributed by atoms with E-state index in [0.717, 1.165) is 5.56 Å². The zero-order chi connectivity index (χ0) is 18.7. The molecular weight excluding hydrogens is 398 g/mol. The van der Waals surface area contributed by atoms with Crippen LogP contribution in [0.2, 0.25) is 0 Å². The average Bonchev–Trinajstić information content (AvgIpc) is 2.62. The first kappa shape index (κ1) is 18.4. The Labute approximate surface area is 160 Å². The molecule has 0 unspecified atom stereocenters. The van der Waals surface area contributed by atoms with Crippen LogP contribution in [0.3, 0.4) is 0 Å². The summed E-state index contributed by atoms with van der Waals surface area (Å²) in [6.45, 7) is 4.30. The summed E-state index contributed by atoms with van der Waals surface area (Å²) >= 11 is 3.32. The van der Waals surface area contributed by atoms with Crippen molar-refractivity contribution < 1.29 is 14.3 Å². The van der Waals surface area contributed by atoms with Crippen molar-refractivity contribution in [1.29, 1.82) is 0 Å². The van der Waals surface area contributed by atoms with Crippen molar-refractivity contribution in [1.82, 2.24) is 9.88 Å². The first-order valence-corrected chi connectivity index (χ1v) is 9.07. The van der Waals surface area contributed by atoms with Gasteiger partial charge in [-0.1, -0.05) is 36.4 Å². The molecule has 136 valence electrons. The molecule has 6 nitrogen and oxygen atoms in total. The van der Waals surface area contributed by atoms with Crippen molar-refractivity contribution >= 4 is 33.7 Å². The summed E-state index contributed by atoms with van der Waals surface area (Å²) in [6, 6.07) is 14.9. The Morgan fingerprint density at radius 3 is 2.62 bits per heavy atom. The highest BCUT2D eigenvalue weighted by Crippen LogP contribution is 2.27. The van der Waals surface area contributed by atoms with E-state index in [-0.39, 0.29) is 19.1 Å². The summed E-state index contributed by atoms with van der Waals surface area (Å²) < 4.78 is 6.06. The van der Waals surface area contributed by atoms with Gasteiger partial charge in [0, 0.05) is 0 Å². The van der Waals surface area contributed by atoms with Gasteiger partial charge in [0.25, 0.3) is 0 Å². The number of amides is 2. The standard InChI is InChI=1S/C19H20BrN3O3/c1-19(2)13-22(16-10-6-9-15(20)21-16)17(24)11-23(19)18(25)26-12-14-7-4-3-5-8-14/h3-10H,11-13H2,1-2H3. The Balaban J connectivity index is 1.70. The fraction of sp³-hybridized carbons (Fsp3) is 0.316. The monoisotopic (exact) mass is 417 g/mol. The molecule has 1 aliphatic heterocycles. The molecule has 0 aliphatic carbocycles. The highest BCUT2D eigenvalue weighted by Gasteiger charge is 2.42. The van der Waals surface area contributed by atoms with Gasteiger partial charge >= 0.3 is 6.09 Å². The molecule has 3 rings (SSSR count). The van der Waals surface area contributed by atoms with Crippen molar-refractivity contribution in [3.05, 3.63) is 58.7 Å². The van der Waals surface area contributed by atoms with Crippen LogP contribution in [0.4, 0.5) is 10.6 Å². The van der Waals surface area contributed by atoms with Gasteiger partial charge in [0.2, 0.25) is 5.91 Å². The lowest BCUT2D eigenvalue weighted by molar-refractivity contribution is -0.123. The molecule has 2 aromatic rings. The second-order valence-electron chi connectivity index (χ2n) is 6.74. The molecule has 1 aromatic heterocycles. The smallest absolute Gasteiger partial charge is 0.411 e. The summed E-state index contributed by atoms with van der Waals surface area (Å²) in [5.74, 6) is 0.376. The lowest BCUT2D eigenvalue weighted by atomic mass is 9.99. The fourth-order valence-corrected chi connectivity index (χ4v) is 3.19.